The third kappa shape index (κ3) is 6.83. The highest BCUT2D eigenvalue weighted by Gasteiger charge is 2.14. The lowest BCUT2D eigenvalue weighted by molar-refractivity contribution is -0.116. The SMILES string of the molecule is CCCC(=O)Nc1ccc(Cl)c(NCC(=O)Nc2cccc(C(=O)N(C)c3ccccc3)c2)c1. The zero-order chi connectivity index (χ0) is 24.5. The third-order valence-electron chi connectivity index (χ3n) is 5.01. The van der Waals surface area contributed by atoms with E-state index in [2.05, 4.69) is 16.0 Å². The van der Waals surface area contributed by atoms with Gasteiger partial charge in [0, 0.05) is 36.1 Å². The number of anilines is 4. The number of nitrogens with one attached hydrogen (secondary N) is 3. The first kappa shape index (κ1) is 24.8. The summed E-state index contributed by atoms with van der Waals surface area (Å²) in [5.41, 5.74) is 2.86. The summed E-state index contributed by atoms with van der Waals surface area (Å²) in [6, 6.07) is 21.1. The van der Waals surface area contributed by atoms with Gasteiger partial charge in [0.1, 0.15) is 0 Å². The maximum absolute atomic E-state index is 12.8. The highest BCUT2D eigenvalue weighted by Crippen LogP contribution is 2.25. The van der Waals surface area contributed by atoms with Crippen LogP contribution in [0, 0.1) is 0 Å². The van der Waals surface area contributed by atoms with E-state index in [9.17, 15) is 14.4 Å². The molecule has 0 bridgehead atoms. The van der Waals surface area contributed by atoms with Gasteiger partial charge in [0.15, 0.2) is 0 Å². The number of carbonyl (C=O) groups excluding carboxylic acids is 3. The van der Waals surface area contributed by atoms with Crippen molar-refractivity contribution >= 4 is 52.1 Å². The van der Waals surface area contributed by atoms with Gasteiger partial charge in [-0.3, -0.25) is 14.4 Å². The second kappa shape index (κ2) is 11.9. The maximum Gasteiger partial charge on any atom is 0.258 e. The average Bonchev–Trinajstić information content (AvgIpc) is 2.84. The van der Waals surface area contributed by atoms with Crippen LogP contribution in [0.15, 0.2) is 72.8 Å². The fourth-order valence-electron chi connectivity index (χ4n) is 3.26. The molecule has 34 heavy (non-hydrogen) atoms. The first-order chi connectivity index (χ1) is 16.4. The molecule has 0 radical (unpaired) electrons. The molecule has 3 rings (SSSR count). The van der Waals surface area contributed by atoms with Crippen LogP contribution in [-0.4, -0.2) is 31.3 Å². The summed E-state index contributed by atoms with van der Waals surface area (Å²) in [5.74, 6) is -0.576. The molecule has 3 aromatic carbocycles. The molecule has 0 aromatic heterocycles. The molecule has 0 aliphatic heterocycles. The van der Waals surface area contributed by atoms with Crippen LogP contribution in [0.2, 0.25) is 5.02 Å². The van der Waals surface area contributed by atoms with Crippen molar-refractivity contribution < 1.29 is 14.4 Å². The molecule has 0 fully saturated rings. The normalized spacial score (nSPS) is 10.3. The second-order valence-corrected chi connectivity index (χ2v) is 8.08. The van der Waals surface area contributed by atoms with Crippen LogP contribution >= 0.6 is 11.6 Å². The molecule has 0 saturated heterocycles. The summed E-state index contributed by atoms with van der Waals surface area (Å²) in [6.07, 6.45) is 1.18. The van der Waals surface area contributed by atoms with Gasteiger partial charge in [-0.2, -0.15) is 0 Å². The minimum Gasteiger partial charge on any atom is -0.375 e. The highest BCUT2D eigenvalue weighted by atomic mass is 35.5. The summed E-state index contributed by atoms with van der Waals surface area (Å²) < 4.78 is 0. The Morgan fingerprint density at radius 2 is 1.56 bits per heavy atom. The Morgan fingerprint density at radius 1 is 0.853 bits per heavy atom. The number of benzene rings is 3. The number of amides is 3. The van der Waals surface area contributed by atoms with Crippen molar-refractivity contribution in [2.24, 2.45) is 0 Å². The van der Waals surface area contributed by atoms with Crippen LogP contribution in [0.4, 0.5) is 22.7 Å². The van der Waals surface area contributed by atoms with E-state index in [0.29, 0.717) is 34.1 Å². The van der Waals surface area contributed by atoms with Crippen molar-refractivity contribution in [3.63, 3.8) is 0 Å². The summed E-state index contributed by atoms with van der Waals surface area (Å²) in [7, 11) is 1.70. The smallest absolute Gasteiger partial charge is 0.258 e. The Hall–Kier alpha value is -3.84. The van der Waals surface area contributed by atoms with Gasteiger partial charge < -0.3 is 20.9 Å². The van der Waals surface area contributed by atoms with Crippen LogP contribution in [0.1, 0.15) is 30.1 Å². The predicted octanol–water partition coefficient (Wildman–Crippen LogP) is 5.41. The molecule has 0 unspecified atom stereocenters. The lowest BCUT2D eigenvalue weighted by atomic mass is 10.1. The molecule has 8 heteroatoms. The van der Waals surface area contributed by atoms with Crippen molar-refractivity contribution in [3.05, 3.63) is 83.4 Å². The van der Waals surface area contributed by atoms with Gasteiger partial charge in [-0.1, -0.05) is 42.8 Å². The van der Waals surface area contributed by atoms with Gasteiger partial charge >= 0.3 is 0 Å². The van der Waals surface area contributed by atoms with Gasteiger partial charge in [-0.25, -0.2) is 0 Å². The topological polar surface area (TPSA) is 90.5 Å². The Kier molecular flexibility index (Phi) is 8.65. The van der Waals surface area contributed by atoms with Crippen molar-refractivity contribution in [2.45, 2.75) is 19.8 Å². The van der Waals surface area contributed by atoms with Crippen molar-refractivity contribution in [3.8, 4) is 0 Å². The molecule has 0 heterocycles. The molecule has 0 atom stereocenters. The average molecular weight is 479 g/mol. The monoisotopic (exact) mass is 478 g/mol. The first-order valence-electron chi connectivity index (χ1n) is 10.9. The van der Waals surface area contributed by atoms with Crippen molar-refractivity contribution in [1.82, 2.24) is 0 Å². The van der Waals surface area contributed by atoms with Crippen molar-refractivity contribution in [2.75, 3.05) is 34.4 Å². The zero-order valence-corrected chi connectivity index (χ0v) is 19.9. The van der Waals surface area contributed by atoms with Crippen LogP contribution in [-0.2, 0) is 9.59 Å². The van der Waals surface area contributed by atoms with Gasteiger partial charge in [0.05, 0.1) is 17.3 Å². The Balaban J connectivity index is 1.60. The van der Waals surface area contributed by atoms with E-state index >= 15 is 0 Å². The van der Waals surface area contributed by atoms with Gasteiger partial charge in [-0.05, 0) is 55.0 Å². The van der Waals surface area contributed by atoms with Gasteiger partial charge in [0.2, 0.25) is 11.8 Å². The lowest BCUT2D eigenvalue weighted by Gasteiger charge is -2.18. The molecule has 0 aliphatic rings. The standard InChI is InChI=1S/C26H27ClN4O3/c1-3-8-24(32)29-20-13-14-22(27)23(16-20)28-17-25(33)30-19-10-7-9-18(15-19)26(34)31(2)21-11-5-4-6-12-21/h4-7,9-16,28H,3,8,17H2,1-2H3,(H,29,32)(H,30,33). The summed E-state index contributed by atoms with van der Waals surface area (Å²) in [5, 5.41) is 9.00. The van der Waals surface area contributed by atoms with E-state index in [1.165, 1.54) is 0 Å². The number of rotatable bonds is 9. The van der Waals surface area contributed by atoms with E-state index in [1.54, 1.807) is 54.4 Å². The van der Waals surface area contributed by atoms with Gasteiger partial charge in [0.25, 0.3) is 5.91 Å². The minimum atomic E-state index is -0.308. The Morgan fingerprint density at radius 3 is 2.29 bits per heavy atom. The number of hydrogen-bond donors (Lipinski definition) is 3. The number of nitrogens with zero attached hydrogens (tertiary/aromatic N) is 1. The van der Waals surface area contributed by atoms with E-state index in [-0.39, 0.29) is 24.3 Å². The lowest BCUT2D eigenvalue weighted by Crippen LogP contribution is -2.26. The van der Waals surface area contributed by atoms with Crippen LogP contribution in [0.25, 0.3) is 0 Å². The van der Waals surface area contributed by atoms with E-state index < -0.39 is 0 Å². The third-order valence-corrected chi connectivity index (χ3v) is 5.34. The second-order valence-electron chi connectivity index (χ2n) is 7.68. The van der Waals surface area contributed by atoms with E-state index in [4.69, 9.17) is 11.6 Å². The summed E-state index contributed by atoms with van der Waals surface area (Å²) in [6.45, 7) is 1.88. The highest BCUT2D eigenvalue weighted by molar-refractivity contribution is 6.33. The number of para-hydroxylation sites is 1. The number of halogens is 1. The molecule has 3 aromatic rings. The molecule has 176 valence electrons. The first-order valence-corrected chi connectivity index (χ1v) is 11.3. The molecular weight excluding hydrogens is 452 g/mol. The van der Waals surface area contributed by atoms with Gasteiger partial charge in [-0.15, -0.1) is 0 Å². The molecular formula is C26H27ClN4O3. The quantitative estimate of drug-likeness (QED) is 0.383. The molecule has 7 nitrogen and oxygen atoms in total. The van der Waals surface area contributed by atoms with Crippen molar-refractivity contribution in [1.29, 1.82) is 0 Å². The fourth-order valence-corrected chi connectivity index (χ4v) is 3.45. The fraction of sp³-hybridized carbons (Fsp3) is 0.192. The Bertz CT molecular complexity index is 1170. The molecule has 0 spiro atoms. The Labute approximate surface area is 204 Å². The number of carbonyl (C=O) groups is 3. The maximum atomic E-state index is 12.8. The summed E-state index contributed by atoms with van der Waals surface area (Å²) >= 11 is 6.22. The molecule has 3 amide bonds. The molecule has 0 aliphatic carbocycles. The minimum absolute atomic E-state index is 0.0474. The number of hydrogen-bond acceptors (Lipinski definition) is 4. The van der Waals surface area contributed by atoms with Crippen LogP contribution < -0.4 is 20.9 Å². The zero-order valence-electron chi connectivity index (χ0n) is 19.1. The van der Waals surface area contributed by atoms with E-state index in [0.717, 1.165) is 12.1 Å². The largest absolute Gasteiger partial charge is 0.375 e. The van der Waals surface area contributed by atoms with Crippen LogP contribution in [0.5, 0.6) is 0 Å². The molecule has 0 saturated carbocycles. The van der Waals surface area contributed by atoms with E-state index in [1.807, 2.05) is 37.3 Å². The molecule has 3 N–H and O–H groups in total. The van der Waals surface area contributed by atoms with Crippen LogP contribution in [0.3, 0.4) is 0 Å². The predicted molar refractivity (Wildman–Crippen MR) is 138 cm³/mol. The summed E-state index contributed by atoms with van der Waals surface area (Å²) in [4.78, 5) is 38.7.